The molecule has 1 fully saturated rings. The van der Waals surface area contributed by atoms with Crippen molar-refractivity contribution in [2.75, 3.05) is 5.32 Å². The number of amides is 1. The van der Waals surface area contributed by atoms with Gasteiger partial charge in [-0.3, -0.25) is 9.59 Å². The summed E-state index contributed by atoms with van der Waals surface area (Å²) in [5.74, 6) is -5.36. The van der Waals surface area contributed by atoms with E-state index >= 15 is 0 Å². The highest BCUT2D eigenvalue weighted by Crippen LogP contribution is 2.42. The first-order chi connectivity index (χ1) is 16.0. The highest BCUT2D eigenvalue weighted by Gasteiger charge is 2.45. The molecule has 9 heteroatoms. The van der Waals surface area contributed by atoms with E-state index in [4.69, 9.17) is 23.2 Å². The van der Waals surface area contributed by atoms with E-state index in [-0.39, 0.29) is 34.5 Å². The van der Waals surface area contributed by atoms with Gasteiger partial charge in [-0.05, 0) is 60.1 Å². The smallest absolute Gasteiger partial charge is 0.392 e. The highest BCUT2D eigenvalue weighted by atomic mass is 35.5. The number of hydrogen-bond donors (Lipinski definition) is 2. The average Bonchev–Trinajstić information content (AvgIpc) is 3.29. The number of nitrogens with one attached hydrogen (secondary N) is 1. The number of anilines is 1. The van der Waals surface area contributed by atoms with Crippen LogP contribution in [-0.4, -0.2) is 23.2 Å². The normalized spacial score (nSPS) is 17.2. The molecule has 0 aliphatic heterocycles. The fourth-order valence-electron chi connectivity index (χ4n) is 4.71. The van der Waals surface area contributed by atoms with Gasteiger partial charge in [0.15, 0.2) is 0 Å². The van der Waals surface area contributed by atoms with Crippen molar-refractivity contribution in [2.45, 2.75) is 57.0 Å². The molecular formula is C25H26Cl2F3NO3. The Labute approximate surface area is 206 Å². The van der Waals surface area contributed by atoms with Gasteiger partial charge in [0.25, 0.3) is 0 Å². The Morgan fingerprint density at radius 3 is 2.21 bits per heavy atom. The molecule has 1 aliphatic carbocycles. The van der Waals surface area contributed by atoms with Crippen molar-refractivity contribution < 1.29 is 27.9 Å². The number of aliphatic carboxylic acids is 1. The van der Waals surface area contributed by atoms with Gasteiger partial charge in [-0.1, -0.05) is 61.2 Å². The Morgan fingerprint density at radius 2 is 1.65 bits per heavy atom. The predicted octanol–water partition coefficient (Wildman–Crippen LogP) is 7.66. The van der Waals surface area contributed by atoms with Gasteiger partial charge in [0.05, 0.1) is 29.0 Å². The molecule has 3 atom stereocenters. The minimum absolute atomic E-state index is 0.0712. The van der Waals surface area contributed by atoms with Crippen LogP contribution in [0.15, 0.2) is 42.5 Å². The van der Waals surface area contributed by atoms with Crippen LogP contribution in [0.3, 0.4) is 0 Å². The average molecular weight is 516 g/mol. The molecule has 34 heavy (non-hydrogen) atoms. The van der Waals surface area contributed by atoms with E-state index in [0.717, 1.165) is 32.6 Å². The zero-order valence-electron chi connectivity index (χ0n) is 18.5. The van der Waals surface area contributed by atoms with Gasteiger partial charge < -0.3 is 10.4 Å². The first kappa shape index (κ1) is 26.4. The Bertz CT molecular complexity index is 1020. The van der Waals surface area contributed by atoms with E-state index in [1.165, 1.54) is 24.3 Å². The number of benzene rings is 2. The van der Waals surface area contributed by atoms with Crippen LogP contribution in [0, 0.1) is 11.8 Å². The molecule has 2 aromatic carbocycles. The van der Waals surface area contributed by atoms with E-state index < -0.39 is 29.9 Å². The van der Waals surface area contributed by atoms with Crippen molar-refractivity contribution in [1.29, 1.82) is 0 Å². The fraction of sp³-hybridized carbons (Fsp3) is 0.440. The van der Waals surface area contributed by atoms with Crippen LogP contribution in [0.25, 0.3) is 0 Å². The molecule has 2 aromatic rings. The van der Waals surface area contributed by atoms with E-state index in [2.05, 4.69) is 5.32 Å². The first-order valence-corrected chi connectivity index (χ1v) is 11.9. The molecule has 0 spiro atoms. The van der Waals surface area contributed by atoms with Crippen LogP contribution in [0.5, 0.6) is 0 Å². The number of alkyl halides is 3. The minimum atomic E-state index is -4.61. The lowest BCUT2D eigenvalue weighted by Crippen LogP contribution is -2.34. The van der Waals surface area contributed by atoms with Gasteiger partial charge in [-0.15, -0.1) is 0 Å². The Balaban J connectivity index is 1.93. The third-order valence-corrected chi connectivity index (χ3v) is 7.15. The molecular weight excluding hydrogens is 490 g/mol. The van der Waals surface area contributed by atoms with E-state index in [9.17, 15) is 27.9 Å². The molecule has 0 bridgehead atoms. The quantitative estimate of drug-likeness (QED) is 0.379. The van der Waals surface area contributed by atoms with Crippen LogP contribution in [0.4, 0.5) is 18.9 Å². The number of rotatable bonds is 8. The summed E-state index contributed by atoms with van der Waals surface area (Å²) in [6, 6.07) is 10.5. The first-order valence-electron chi connectivity index (χ1n) is 11.1. The number of carboxylic acids is 1. The van der Waals surface area contributed by atoms with E-state index in [1.54, 1.807) is 18.2 Å². The SMILES string of the molecule is C[C@H]([C@H](C(=O)Nc1cc(C(CC(=O)O)C2CCCC2)ccc1Cl)c1ccc(Cl)cc1)C(F)(F)F. The Hall–Kier alpha value is -2.25. The zero-order valence-corrected chi connectivity index (χ0v) is 20.1. The van der Waals surface area contributed by atoms with Crippen molar-refractivity contribution in [3.05, 3.63) is 63.6 Å². The second-order valence-electron chi connectivity index (χ2n) is 8.84. The van der Waals surface area contributed by atoms with Gasteiger partial charge in [-0.2, -0.15) is 13.2 Å². The minimum Gasteiger partial charge on any atom is -0.481 e. The summed E-state index contributed by atoms with van der Waals surface area (Å²) >= 11 is 12.2. The number of carboxylic acid groups (broad SMARTS) is 1. The van der Waals surface area contributed by atoms with Crippen molar-refractivity contribution in [3.8, 4) is 0 Å². The zero-order chi connectivity index (χ0) is 25.0. The lowest BCUT2D eigenvalue weighted by Gasteiger charge is -2.27. The van der Waals surface area contributed by atoms with Crippen LogP contribution in [0.2, 0.25) is 10.0 Å². The topological polar surface area (TPSA) is 66.4 Å². The fourth-order valence-corrected chi connectivity index (χ4v) is 5.00. The molecule has 0 radical (unpaired) electrons. The van der Waals surface area contributed by atoms with Gasteiger partial charge in [-0.25, -0.2) is 0 Å². The standard InChI is InChI=1S/C25H26Cl2F3NO3/c1-14(25(28,29)30)23(16-6-9-18(26)10-7-16)24(34)31-21-12-17(8-11-20(21)27)19(13-22(32)33)15-4-2-3-5-15/h6-12,14-15,19,23H,2-5,13H2,1H3,(H,31,34)(H,32,33)/t14-,19?,23+/m1/s1. The molecule has 1 unspecified atom stereocenters. The van der Waals surface area contributed by atoms with Gasteiger partial charge in [0.2, 0.25) is 5.91 Å². The molecule has 2 N–H and O–H groups in total. The second kappa shape index (κ2) is 11.0. The van der Waals surface area contributed by atoms with E-state index in [0.29, 0.717) is 10.6 Å². The van der Waals surface area contributed by atoms with E-state index in [1.807, 2.05) is 0 Å². The molecule has 1 amide bonds. The van der Waals surface area contributed by atoms with Crippen molar-refractivity contribution in [2.24, 2.45) is 11.8 Å². The number of carbonyl (C=O) groups excluding carboxylic acids is 1. The number of halogens is 5. The maximum Gasteiger partial charge on any atom is 0.392 e. The molecule has 184 valence electrons. The Kier molecular flexibility index (Phi) is 8.52. The van der Waals surface area contributed by atoms with Crippen LogP contribution < -0.4 is 5.32 Å². The molecule has 4 nitrogen and oxygen atoms in total. The second-order valence-corrected chi connectivity index (χ2v) is 9.68. The van der Waals surface area contributed by atoms with Gasteiger partial charge in [0.1, 0.15) is 0 Å². The summed E-state index contributed by atoms with van der Waals surface area (Å²) in [5, 5.41) is 12.5. The van der Waals surface area contributed by atoms with Crippen LogP contribution in [-0.2, 0) is 9.59 Å². The lowest BCUT2D eigenvalue weighted by atomic mass is 9.82. The van der Waals surface area contributed by atoms with Gasteiger partial charge in [0, 0.05) is 5.02 Å². The van der Waals surface area contributed by atoms with Crippen LogP contribution >= 0.6 is 23.2 Å². The maximum absolute atomic E-state index is 13.6. The summed E-state index contributed by atoms with van der Waals surface area (Å²) in [4.78, 5) is 24.7. The lowest BCUT2D eigenvalue weighted by molar-refractivity contribution is -0.178. The summed E-state index contributed by atoms with van der Waals surface area (Å²) in [7, 11) is 0. The largest absolute Gasteiger partial charge is 0.481 e. The third kappa shape index (κ3) is 6.45. The summed E-state index contributed by atoms with van der Waals surface area (Å²) < 4.78 is 40.9. The van der Waals surface area contributed by atoms with Crippen molar-refractivity contribution >= 4 is 40.8 Å². The predicted molar refractivity (Wildman–Crippen MR) is 126 cm³/mol. The molecule has 0 saturated heterocycles. The molecule has 3 rings (SSSR count). The summed E-state index contributed by atoms with van der Waals surface area (Å²) in [5.41, 5.74) is 1.03. The Morgan fingerprint density at radius 1 is 1.06 bits per heavy atom. The molecule has 0 aromatic heterocycles. The summed E-state index contributed by atoms with van der Waals surface area (Å²) in [6.45, 7) is 0.958. The van der Waals surface area contributed by atoms with Gasteiger partial charge >= 0.3 is 12.1 Å². The van der Waals surface area contributed by atoms with Crippen molar-refractivity contribution in [1.82, 2.24) is 0 Å². The third-order valence-electron chi connectivity index (χ3n) is 6.57. The highest BCUT2D eigenvalue weighted by molar-refractivity contribution is 6.33. The molecule has 1 aliphatic rings. The maximum atomic E-state index is 13.6. The molecule has 1 saturated carbocycles. The van der Waals surface area contributed by atoms with Crippen LogP contribution in [0.1, 0.15) is 62.0 Å². The molecule has 0 heterocycles. The number of hydrogen-bond acceptors (Lipinski definition) is 2. The monoisotopic (exact) mass is 515 g/mol. The summed E-state index contributed by atoms with van der Waals surface area (Å²) in [6.07, 6.45) is -0.819. The number of carbonyl (C=O) groups is 2. The van der Waals surface area contributed by atoms with Crippen molar-refractivity contribution in [3.63, 3.8) is 0 Å².